The molecule has 3 unspecified atom stereocenters. The summed E-state index contributed by atoms with van der Waals surface area (Å²) in [6.45, 7) is 9.21. The summed E-state index contributed by atoms with van der Waals surface area (Å²) >= 11 is 0. The van der Waals surface area contributed by atoms with Crippen LogP contribution in [0.25, 0.3) is 0 Å². The summed E-state index contributed by atoms with van der Waals surface area (Å²) in [5, 5.41) is 22.4. The fraction of sp³-hybridized carbons (Fsp3) is 1.00. The van der Waals surface area contributed by atoms with Crippen LogP contribution < -0.4 is 5.32 Å². The molecule has 0 radical (unpaired) electrons. The number of aliphatic hydroxyl groups is 2. The average molecular weight is 258 g/mol. The summed E-state index contributed by atoms with van der Waals surface area (Å²) in [6, 6.07) is 0.438. The molecule has 0 aromatic heterocycles. The maximum absolute atomic E-state index is 10.2. The molecule has 1 rings (SSSR count). The standard InChI is InChI=1S/C14H30N2O2/c1-14(2,3)13(18)8-11-7-12(15-5-6-17)10-16(4)9-11/h11-13,15,17-18H,5-10H2,1-4H3. The van der Waals surface area contributed by atoms with Gasteiger partial charge in [0, 0.05) is 25.7 Å². The lowest BCUT2D eigenvalue weighted by atomic mass is 9.80. The quantitative estimate of drug-likeness (QED) is 0.679. The lowest BCUT2D eigenvalue weighted by molar-refractivity contribution is 0.0251. The van der Waals surface area contributed by atoms with Gasteiger partial charge in [-0.2, -0.15) is 0 Å². The number of nitrogens with zero attached hydrogens (tertiary/aromatic N) is 1. The van der Waals surface area contributed by atoms with Crippen LogP contribution in [0, 0.1) is 11.3 Å². The molecule has 4 nitrogen and oxygen atoms in total. The second-order valence-corrected chi connectivity index (χ2v) is 6.82. The Kier molecular flexibility index (Phi) is 6.05. The first-order valence-corrected chi connectivity index (χ1v) is 7.03. The highest BCUT2D eigenvalue weighted by molar-refractivity contribution is 4.85. The van der Waals surface area contributed by atoms with Gasteiger partial charge in [0.2, 0.25) is 0 Å². The molecule has 4 heteroatoms. The van der Waals surface area contributed by atoms with Crippen molar-refractivity contribution in [2.45, 2.75) is 45.8 Å². The highest BCUT2D eigenvalue weighted by atomic mass is 16.3. The van der Waals surface area contributed by atoms with Crippen LogP contribution in [0.2, 0.25) is 0 Å². The van der Waals surface area contributed by atoms with Gasteiger partial charge in [0.1, 0.15) is 0 Å². The minimum Gasteiger partial charge on any atom is -0.395 e. The predicted molar refractivity (Wildman–Crippen MR) is 74.6 cm³/mol. The zero-order valence-electron chi connectivity index (χ0n) is 12.3. The minimum absolute atomic E-state index is 0.0377. The molecule has 0 spiro atoms. The Morgan fingerprint density at radius 1 is 1.33 bits per heavy atom. The first-order chi connectivity index (χ1) is 8.32. The van der Waals surface area contributed by atoms with Crippen molar-refractivity contribution in [1.82, 2.24) is 10.2 Å². The predicted octanol–water partition coefficient (Wildman–Crippen LogP) is 0.686. The van der Waals surface area contributed by atoms with Gasteiger partial charge in [-0.25, -0.2) is 0 Å². The van der Waals surface area contributed by atoms with Crippen LogP contribution in [0.15, 0.2) is 0 Å². The van der Waals surface area contributed by atoms with E-state index in [1.807, 2.05) is 0 Å². The molecule has 0 aliphatic carbocycles. The summed E-state index contributed by atoms with van der Waals surface area (Å²) in [6.07, 6.45) is 1.72. The number of rotatable bonds is 5. The molecule has 0 aromatic carbocycles. The molecule has 0 saturated carbocycles. The summed E-state index contributed by atoms with van der Waals surface area (Å²) in [7, 11) is 2.13. The van der Waals surface area contributed by atoms with Gasteiger partial charge in [-0.3, -0.25) is 0 Å². The molecule has 1 saturated heterocycles. The first kappa shape index (κ1) is 15.9. The maximum Gasteiger partial charge on any atom is 0.0591 e. The zero-order chi connectivity index (χ0) is 13.8. The van der Waals surface area contributed by atoms with Crippen LogP contribution >= 0.6 is 0 Å². The van der Waals surface area contributed by atoms with Gasteiger partial charge in [-0.05, 0) is 31.2 Å². The average Bonchev–Trinajstić information content (AvgIpc) is 2.24. The van der Waals surface area contributed by atoms with E-state index >= 15 is 0 Å². The normalized spacial score (nSPS) is 28.3. The number of likely N-dealkylation sites (N-methyl/N-ethyl adjacent to an activating group) is 1. The van der Waals surface area contributed by atoms with E-state index in [1.165, 1.54) is 0 Å². The Bertz CT molecular complexity index is 240. The largest absolute Gasteiger partial charge is 0.395 e. The Morgan fingerprint density at radius 3 is 2.56 bits per heavy atom. The molecule has 3 N–H and O–H groups in total. The molecule has 1 aliphatic heterocycles. The highest BCUT2D eigenvalue weighted by Crippen LogP contribution is 2.28. The third kappa shape index (κ3) is 5.22. The van der Waals surface area contributed by atoms with Gasteiger partial charge in [0.25, 0.3) is 0 Å². The van der Waals surface area contributed by atoms with Crippen LogP contribution in [-0.4, -0.2) is 60.5 Å². The molecule has 3 atom stereocenters. The minimum atomic E-state index is -0.243. The number of piperidine rings is 1. The molecular formula is C14H30N2O2. The lowest BCUT2D eigenvalue weighted by Gasteiger charge is -2.38. The monoisotopic (exact) mass is 258 g/mol. The smallest absolute Gasteiger partial charge is 0.0591 e. The number of hydrogen-bond acceptors (Lipinski definition) is 4. The van der Waals surface area contributed by atoms with Crippen molar-refractivity contribution in [3.05, 3.63) is 0 Å². The van der Waals surface area contributed by atoms with E-state index in [2.05, 4.69) is 38.0 Å². The summed E-state index contributed by atoms with van der Waals surface area (Å²) < 4.78 is 0. The Labute approximate surface area is 111 Å². The fourth-order valence-corrected chi connectivity index (χ4v) is 2.70. The third-order valence-corrected chi connectivity index (χ3v) is 3.82. The lowest BCUT2D eigenvalue weighted by Crippen LogP contribution is -2.49. The van der Waals surface area contributed by atoms with Crippen molar-refractivity contribution in [2.75, 3.05) is 33.3 Å². The van der Waals surface area contributed by atoms with Crippen LogP contribution in [0.5, 0.6) is 0 Å². The molecule has 0 aromatic rings. The van der Waals surface area contributed by atoms with Crippen LogP contribution in [-0.2, 0) is 0 Å². The van der Waals surface area contributed by atoms with Crippen molar-refractivity contribution >= 4 is 0 Å². The molecular weight excluding hydrogens is 228 g/mol. The molecule has 108 valence electrons. The van der Waals surface area contributed by atoms with Gasteiger partial charge in [-0.1, -0.05) is 20.8 Å². The van der Waals surface area contributed by atoms with Crippen molar-refractivity contribution < 1.29 is 10.2 Å². The fourth-order valence-electron chi connectivity index (χ4n) is 2.70. The van der Waals surface area contributed by atoms with Crippen LogP contribution in [0.4, 0.5) is 0 Å². The number of hydrogen-bond donors (Lipinski definition) is 3. The molecule has 1 fully saturated rings. The number of likely N-dealkylation sites (tertiary alicyclic amines) is 1. The first-order valence-electron chi connectivity index (χ1n) is 7.03. The van der Waals surface area contributed by atoms with E-state index in [-0.39, 0.29) is 18.1 Å². The van der Waals surface area contributed by atoms with Gasteiger partial charge in [0.05, 0.1) is 12.7 Å². The Morgan fingerprint density at radius 2 is 2.00 bits per heavy atom. The van der Waals surface area contributed by atoms with Crippen molar-refractivity contribution in [1.29, 1.82) is 0 Å². The van der Waals surface area contributed by atoms with Crippen LogP contribution in [0.1, 0.15) is 33.6 Å². The zero-order valence-corrected chi connectivity index (χ0v) is 12.3. The second-order valence-electron chi connectivity index (χ2n) is 6.82. The molecule has 0 amide bonds. The molecule has 18 heavy (non-hydrogen) atoms. The maximum atomic E-state index is 10.2. The van der Waals surface area contributed by atoms with Crippen molar-refractivity contribution in [3.8, 4) is 0 Å². The van der Waals surface area contributed by atoms with E-state index in [4.69, 9.17) is 5.11 Å². The SMILES string of the molecule is CN1CC(CC(O)C(C)(C)C)CC(NCCO)C1. The van der Waals surface area contributed by atoms with E-state index in [0.717, 1.165) is 25.9 Å². The van der Waals surface area contributed by atoms with Gasteiger partial charge < -0.3 is 20.4 Å². The van der Waals surface area contributed by atoms with Gasteiger partial charge >= 0.3 is 0 Å². The van der Waals surface area contributed by atoms with Crippen LogP contribution in [0.3, 0.4) is 0 Å². The highest BCUT2D eigenvalue weighted by Gasteiger charge is 2.30. The number of nitrogens with one attached hydrogen (secondary N) is 1. The van der Waals surface area contributed by atoms with E-state index in [0.29, 0.717) is 18.5 Å². The Balaban J connectivity index is 2.45. The van der Waals surface area contributed by atoms with Gasteiger partial charge in [0.15, 0.2) is 0 Å². The van der Waals surface area contributed by atoms with Crippen molar-refractivity contribution in [3.63, 3.8) is 0 Å². The van der Waals surface area contributed by atoms with Crippen molar-refractivity contribution in [2.24, 2.45) is 11.3 Å². The van der Waals surface area contributed by atoms with E-state index in [1.54, 1.807) is 0 Å². The summed E-state index contributed by atoms with van der Waals surface area (Å²) in [5.74, 6) is 0.536. The summed E-state index contributed by atoms with van der Waals surface area (Å²) in [4.78, 5) is 2.32. The second kappa shape index (κ2) is 6.85. The van der Waals surface area contributed by atoms with Gasteiger partial charge in [-0.15, -0.1) is 0 Å². The molecule has 1 heterocycles. The molecule has 1 aliphatic rings. The topological polar surface area (TPSA) is 55.7 Å². The van der Waals surface area contributed by atoms with E-state index < -0.39 is 0 Å². The summed E-state index contributed by atoms with van der Waals surface area (Å²) in [5.41, 5.74) is -0.0377. The molecule has 0 bridgehead atoms. The third-order valence-electron chi connectivity index (χ3n) is 3.82. The Hall–Kier alpha value is -0.160. The number of aliphatic hydroxyl groups excluding tert-OH is 2. The van der Waals surface area contributed by atoms with E-state index in [9.17, 15) is 5.11 Å².